The Morgan fingerprint density at radius 3 is 2.63 bits per heavy atom. The Balaban J connectivity index is 1.89. The number of phenols is 1. The van der Waals surface area contributed by atoms with Crippen LogP contribution in [0.4, 0.5) is 5.69 Å². The van der Waals surface area contributed by atoms with Crippen LogP contribution in [0.5, 0.6) is 5.75 Å². The summed E-state index contributed by atoms with van der Waals surface area (Å²) in [5, 5.41) is 15.8. The van der Waals surface area contributed by atoms with Gasteiger partial charge in [-0.05, 0) is 49.9 Å². The van der Waals surface area contributed by atoms with Gasteiger partial charge in [0.05, 0.1) is 6.54 Å². The highest BCUT2D eigenvalue weighted by molar-refractivity contribution is 5.93. The molecule has 4 heteroatoms. The van der Waals surface area contributed by atoms with E-state index in [1.54, 1.807) is 12.1 Å². The van der Waals surface area contributed by atoms with Crippen LogP contribution in [0.15, 0.2) is 12.1 Å². The number of carbonyl (C=O) groups is 1. The largest absolute Gasteiger partial charge is 0.508 e. The van der Waals surface area contributed by atoms with Gasteiger partial charge in [0.1, 0.15) is 5.75 Å². The first-order valence-corrected chi connectivity index (χ1v) is 6.89. The zero-order valence-corrected chi connectivity index (χ0v) is 11.6. The molecule has 3 N–H and O–H groups in total. The van der Waals surface area contributed by atoms with E-state index in [0.29, 0.717) is 12.6 Å². The number of amides is 1. The van der Waals surface area contributed by atoms with Crippen molar-refractivity contribution in [3.63, 3.8) is 0 Å². The predicted octanol–water partition coefficient (Wildman–Crippen LogP) is 2.48. The SMILES string of the molecule is Cc1cc(NC(=O)CNC2CCCC2)c(C)cc1O. The summed E-state index contributed by atoms with van der Waals surface area (Å²) in [5.41, 5.74) is 2.41. The van der Waals surface area contributed by atoms with Gasteiger partial charge >= 0.3 is 0 Å². The summed E-state index contributed by atoms with van der Waals surface area (Å²) in [6.07, 6.45) is 4.86. The first-order chi connectivity index (χ1) is 9.06. The third kappa shape index (κ3) is 3.70. The van der Waals surface area contributed by atoms with Crippen LogP contribution in [0.1, 0.15) is 36.8 Å². The van der Waals surface area contributed by atoms with Gasteiger partial charge in [-0.1, -0.05) is 12.8 Å². The van der Waals surface area contributed by atoms with Crippen LogP contribution in [-0.4, -0.2) is 23.6 Å². The van der Waals surface area contributed by atoms with Gasteiger partial charge in [-0.3, -0.25) is 4.79 Å². The van der Waals surface area contributed by atoms with Crippen LogP contribution in [0.2, 0.25) is 0 Å². The Morgan fingerprint density at radius 2 is 1.95 bits per heavy atom. The van der Waals surface area contributed by atoms with E-state index in [9.17, 15) is 9.90 Å². The number of aromatic hydroxyl groups is 1. The number of phenolic OH excluding ortho intramolecular Hbond substituents is 1. The molecule has 0 unspecified atom stereocenters. The van der Waals surface area contributed by atoms with Crippen molar-refractivity contribution in [2.24, 2.45) is 0 Å². The average molecular weight is 262 g/mol. The lowest BCUT2D eigenvalue weighted by atomic mass is 10.1. The van der Waals surface area contributed by atoms with E-state index < -0.39 is 0 Å². The predicted molar refractivity (Wildman–Crippen MR) is 76.5 cm³/mol. The van der Waals surface area contributed by atoms with E-state index in [1.807, 2.05) is 13.8 Å². The number of hydrogen-bond acceptors (Lipinski definition) is 3. The first-order valence-electron chi connectivity index (χ1n) is 6.89. The van der Waals surface area contributed by atoms with E-state index in [1.165, 1.54) is 25.7 Å². The Morgan fingerprint density at radius 1 is 1.26 bits per heavy atom. The average Bonchev–Trinajstić information content (AvgIpc) is 2.86. The summed E-state index contributed by atoms with van der Waals surface area (Å²) in [4.78, 5) is 11.9. The summed E-state index contributed by atoms with van der Waals surface area (Å²) in [6, 6.07) is 3.97. The highest BCUT2D eigenvalue weighted by atomic mass is 16.3. The summed E-state index contributed by atoms with van der Waals surface area (Å²) < 4.78 is 0. The molecule has 1 amide bonds. The molecule has 0 radical (unpaired) electrons. The van der Waals surface area contributed by atoms with Gasteiger partial charge in [-0.25, -0.2) is 0 Å². The minimum atomic E-state index is -0.0277. The van der Waals surface area contributed by atoms with Gasteiger partial charge in [0, 0.05) is 11.7 Å². The maximum atomic E-state index is 11.9. The molecule has 1 aliphatic carbocycles. The molecule has 2 rings (SSSR count). The van der Waals surface area contributed by atoms with Gasteiger partial charge in [0.25, 0.3) is 0 Å². The van der Waals surface area contributed by atoms with Crippen molar-refractivity contribution in [1.29, 1.82) is 0 Å². The van der Waals surface area contributed by atoms with Crippen LogP contribution in [-0.2, 0) is 4.79 Å². The molecule has 1 saturated carbocycles. The molecule has 19 heavy (non-hydrogen) atoms. The number of aryl methyl sites for hydroxylation is 2. The van der Waals surface area contributed by atoms with Crippen LogP contribution in [0, 0.1) is 13.8 Å². The molecule has 0 spiro atoms. The minimum Gasteiger partial charge on any atom is -0.508 e. The second kappa shape index (κ2) is 6.06. The first kappa shape index (κ1) is 13.9. The number of carbonyl (C=O) groups excluding carboxylic acids is 1. The maximum absolute atomic E-state index is 11.9. The molecular weight excluding hydrogens is 240 g/mol. The second-order valence-corrected chi connectivity index (χ2v) is 5.36. The fourth-order valence-electron chi connectivity index (χ4n) is 2.50. The highest BCUT2D eigenvalue weighted by Crippen LogP contribution is 2.24. The van der Waals surface area contributed by atoms with Crippen LogP contribution in [0.25, 0.3) is 0 Å². The molecule has 1 aliphatic rings. The third-order valence-electron chi connectivity index (χ3n) is 3.72. The topological polar surface area (TPSA) is 61.4 Å². The third-order valence-corrected chi connectivity index (χ3v) is 3.72. The van der Waals surface area contributed by atoms with Gasteiger partial charge in [0.2, 0.25) is 5.91 Å². The fraction of sp³-hybridized carbons (Fsp3) is 0.533. The zero-order chi connectivity index (χ0) is 13.8. The maximum Gasteiger partial charge on any atom is 0.238 e. The number of benzene rings is 1. The summed E-state index contributed by atoms with van der Waals surface area (Å²) in [7, 11) is 0. The molecule has 1 aromatic rings. The standard InChI is InChI=1S/C15H22N2O2/c1-10-8-14(18)11(2)7-13(10)17-15(19)9-16-12-5-3-4-6-12/h7-8,12,16,18H,3-6,9H2,1-2H3,(H,17,19). The molecule has 1 fully saturated rings. The van der Waals surface area contributed by atoms with Gasteiger partial charge in [-0.2, -0.15) is 0 Å². The van der Waals surface area contributed by atoms with Crippen LogP contribution < -0.4 is 10.6 Å². The molecule has 4 nitrogen and oxygen atoms in total. The lowest BCUT2D eigenvalue weighted by Gasteiger charge is -2.13. The van der Waals surface area contributed by atoms with Crippen molar-refractivity contribution >= 4 is 11.6 Å². The Kier molecular flexibility index (Phi) is 4.43. The van der Waals surface area contributed by atoms with Crippen molar-refractivity contribution in [2.45, 2.75) is 45.6 Å². The fourth-order valence-corrected chi connectivity index (χ4v) is 2.50. The van der Waals surface area contributed by atoms with Crippen LogP contribution >= 0.6 is 0 Å². The van der Waals surface area contributed by atoms with E-state index in [0.717, 1.165) is 16.8 Å². The molecular formula is C15H22N2O2. The van der Waals surface area contributed by atoms with Gasteiger partial charge < -0.3 is 15.7 Å². The van der Waals surface area contributed by atoms with Crippen molar-refractivity contribution in [1.82, 2.24) is 5.32 Å². The number of rotatable bonds is 4. The van der Waals surface area contributed by atoms with Gasteiger partial charge in [-0.15, -0.1) is 0 Å². The summed E-state index contributed by atoms with van der Waals surface area (Å²) >= 11 is 0. The Labute approximate surface area is 114 Å². The molecule has 0 aromatic heterocycles. The van der Waals surface area contributed by atoms with E-state index in [-0.39, 0.29) is 11.7 Å². The van der Waals surface area contributed by atoms with Crippen molar-refractivity contribution in [3.05, 3.63) is 23.3 Å². The molecule has 0 atom stereocenters. The molecule has 0 aliphatic heterocycles. The monoisotopic (exact) mass is 262 g/mol. The van der Waals surface area contributed by atoms with Gasteiger partial charge in [0.15, 0.2) is 0 Å². The number of nitrogens with one attached hydrogen (secondary N) is 2. The normalized spacial score (nSPS) is 15.7. The van der Waals surface area contributed by atoms with Crippen LogP contribution in [0.3, 0.4) is 0 Å². The summed E-state index contributed by atoms with van der Waals surface area (Å²) in [5.74, 6) is 0.236. The number of anilines is 1. The molecule has 1 aromatic carbocycles. The van der Waals surface area contributed by atoms with E-state index >= 15 is 0 Å². The second-order valence-electron chi connectivity index (χ2n) is 5.36. The lowest BCUT2D eigenvalue weighted by molar-refractivity contribution is -0.115. The molecule has 104 valence electrons. The lowest BCUT2D eigenvalue weighted by Crippen LogP contribution is -2.34. The molecule has 0 bridgehead atoms. The Bertz CT molecular complexity index is 465. The highest BCUT2D eigenvalue weighted by Gasteiger charge is 2.15. The summed E-state index contributed by atoms with van der Waals surface area (Å²) in [6.45, 7) is 4.05. The minimum absolute atomic E-state index is 0.0277. The van der Waals surface area contributed by atoms with Crippen molar-refractivity contribution in [3.8, 4) is 5.75 Å². The van der Waals surface area contributed by atoms with E-state index in [4.69, 9.17) is 0 Å². The zero-order valence-electron chi connectivity index (χ0n) is 11.6. The molecule has 0 heterocycles. The molecule has 0 saturated heterocycles. The van der Waals surface area contributed by atoms with E-state index in [2.05, 4.69) is 10.6 Å². The Hall–Kier alpha value is -1.55. The number of hydrogen-bond donors (Lipinski definition) is 3. The van der Waals surface area contributed by atoms with Crippen molar-refractivity contribution < 1.29 is 9.90 Å². The van der Waals surface area contributed by atoms with Crippen molar-refractivity contribution in [2.75, 3.05) is 11.9 Å². The quantitative estimate of drug-likeness (QED) is 0.731. The smallest absolute Gasteiger partial charge is 0.238 e.